The lowest BCUT2D eigenvalue weighted by atomic mass is 9.81. The van der Waals surface area contributed by atoms with Gasteiger partial charge in [-0.05, 0) is 35.4 Å². The molecule has 0 spiro atoms. The van der Waals surface area contributed by atoms with Gasteiger partial charge in [-0.3, -0.25) is 5.32 Å². The predicted molar refractivity (Wildman–Crippen MR) is 89.8 cm³/mol. The van der Waals surface area contributed by atoms with Gasteiger partial charge in [0.2, 0.25) is 5.89 Å². The summed E-state index contributed by atoms with van der Waals surface area (Å²) in [6, 6.07) is 9.89. The third-order valence-electron chi connectivity index (χ3n) is 4.78. The SMILES string of the molecule is Cc1nc(C2(NCc3nnnn3-c3ccccc3)CCCCC2)no1. The van der Waals surface area contributed by atoms with Gasteiger partial charge in [0.1, 0.15) is 0 Å². The molecule has 0 unspecified atom stereocenters. The molecule has 2 heterocycles. The van der Waals surface area contributed by atoms with Crippen LogP contribution in [0.3, 0.4) is 0 Å². The Morgan fingerprint density at radius 3 is 2.68 bits per heavy atom. The van der Waals surface area contributed by atoms with E-state index in [9.17, 15) is 0 Å². The zero-order valence-electron chi connectivity index (χ0n) is 14.2. The first kappa shape index (κ1) is 15.9. The lowest BCUT2D eigenvalue weighted by molar-refractivity contribution is 0.208. The molecule has 1 saturated carbocycles. The monoisotopic (exact) mass is 339 g/mol. The molecule has 0 atom stereocenters. The van der Waals surface area contributed by atoms with Crippen LogP contribution < -0.4 is 5.32 Å². The minimum absolute atomic E-state index is 0.274. The molecule has 0 amide bonds. The number of tetrazole rings is 1. The van der Waals surface area contributed by atoms with E-state index in [0.717, 1.165) is 43.0 Å². The van der Waals surface area contributed by atoms with Gasteiger partial charge in [-0.1, -0.05) is 42.6 Å². The number of hydrogen-bond acceptors (Lipinski definition) is 7. The molecule has 0 radical (unpaired) electrons. The summed E-state index contributed by atoms with van der Waals surface area (Å²) in [6.07, 6.45) is 5.49. The van der Waals surface area contributed by atoms with E-state index in [-0.39, 0.29) is 5.54 Å². The predicted octanol–water partition coefficient (Wildman–Crippen LogP) is 2.30. The highest BCUT2D eigenvalue weighted by atomic mass is 16.5. The molecular weight excluding hydrogens is 318 g/mol. The minimum Gasteiger partial charge on any atom is -0.340 e. The molecule has 1 N–H and O–H groups in total. The van der Waals surface area contributed by atoms with E-state index in [1.807, 2.05) is 37.3 Å². The highest BCUT2D eigenvalue weighted by Crippen LogP contribution is 2.35. The van der Waals surface area contributed by atoms with Gasteiger partial charge in [0.05, 0.1) is 17.8 Å². The summed E-state index contributed by atoms with van der Waals surface area (Å²) in [7, 11) is 0. The van der Waals surface area contributed by atoms with Crippen molar-refractivity contribution < 1.29 is 4.52 Å². The van der Waals surface area contributed by atoms with Crippen LogP contribution in [-0.4, -0.2) is 30.3 Å². The average molecular weight is 339 g/mol. The quantitative estimate of drug-likeness (QED) is 0.762. The van der Waals surface area contributed by atoms with E-state index in [4.69, 9.17) is 4.52 Å². The van der Waals surface area contributed by atoms with E-state index in [1.165, 1.54) is 6.42 Å². The Labute approximate surface area is 145 Å². The molecule has 1 fully saturated rings. The molecule has 3 aromatic rings. The minimum atomic E-state index is -0.274. The van der Waals surface area contributed by atoms with Crippen molar-refractivity contribution in [2.75, 3.05) is 0 Å². The van der Waals surface area contributed by atoms with Crippen LogP contribution in [0, 0.1) is 6.92 Å². The van der Waals surface area contributed by atoms with Crippen LogP contribution in [0.2, 0.25) is 0 Å². The molecule has 0 saturated heterocycles. The van der Waals surface area contributed by atoms with Crippen LogP contribution in [0.15, 0.2) is 34.9 Å². The largest absolute Gasteiger partial charge is 0.340 e. The first-order valence-electron chi connectivity index (χ1n) is 8.65. The lowest BCUT2D eigenvalue weighted by Crippen LogP contribution is -2.45. The van der Waals surface area contributed by atoms with Crippen molar-refractivity contribution in [3.63, 3.8) is 0 Å². The van der Waals surface area contributed by atoms with Gasteiger partial charge in [-0.25, -0.2) is 0 Å². The fraction of sp³-hybridized carbons (Fsp3) is 0.471. The second-order valence-corrected chi connectivity index (χ2v) is 6.48. The number of aromatic nitrogens is 6. The molecular formula is C17H21N7O. The zero-order valence-corrected chi connectivity index (χ0v) is 14.2. The van der Waals surface area contributed by atoms with Crippen molar-refractivity contribution in [3.8, 4) is 5.69 Å². The summed E-state index contributed by atoms with van der Waals surface area (Å²) in [5.41, 5.74) is 0.668. The fourth-order valence-corrected chi connectivity index (χ4v) is 3.46. The maximum absolute atomic E-state index is 5.23. The van der Waals surface area contributed by atoms with E-state index in [1.54, 1.807) is 4.68 Å². The lowest BCUT2D eigenvalue weighted by Gasteiger charge is -2.35. The average Bonchev–Trinajstić information content (AvgIpc) is 3.31. The summed E-state index contributed by atoms with van der Waals surface area (Å²) >= 11 is 0. The molecule has 4 rings (SSSR count). The topological polar surface area (TPSA) is 94.6 Å². The molecule has 0 bridgehead atoms. The molecule has 0 aliphatic heterocycles. The van der Waals surface area contributed by atoms with E-state index in [0.29, 0.717) is 12.4 Å². The van der Waals surface area contributed by atoms with Crippen molar-refractivity contribution in [2.24, 2.45) is 0 Å². The van der Waals surface area contributed by atoms with Crippen LogP contribution in [0.4, 0.5) is 0 Å². The maximum Gasteiger partial charge on any atom is 0.223 e. The van der Waals surface area contributed by atoms with Crippen molar-refractivity contribution >= 4 is 0 Å². The Morgan fingerprint density at radius 2 is 1.96 bits per heavy atom. The second kappa shape index (κ2) is 6.72. The second-order valence-electron chi connectivity index (χ2n) is 6.48. The highest BCUT2D eigenvalue weighted by Gasteiger charge is 2.38. The van der Waals surface area contributed by atoms with E-state index >= 15 is 0 Å². The normalized spacial score (nSPS) is 16.8. The summed E-state index contributed by atoms with van der Waals surface area (Å²) in [4.78, 5) is 4.49. The van der Waals surface area contributed by atoms with Crippen molar-refractivity contribution in [1.82, 2.24) is 35.7 Å². The van der Waals surface area contributed by atoms with Crippen LogP contribution in [-0.2, 0) is 12.1 Å². The van der Waals surface area contributed by atoms with Crippen LogP contribution in [0.25, 0.3) is 5.69 Å². The molecule has 1 aromatic carbocycles. The van der Waals surface area contributed by atoms with Gasteiger partial charge in [-0.15, -0.1) is 5.10 Å². The third-order valence-corrected chi connectivity index (χ3v) is 4.78. The van der Waals surface area contributed by atoms with Crippen molar-refractivity contribution in [1.29, 1.82) is 0 Å². The Bertz CT molecular complexity index is 820. The standard InChI is InChI=1S/C17H21N7O/c1-13-19-16(21-25-13)17(10-6-3-7-11-17)18-12-15-20-22-23-24(15)14-8-4-2-5-9-14/h2,4-5,8-9,18H,3,6-7,10-12H2,1H3. The number of hydrogen-bond donors (Lipinski definition) is 1. The molecule has 1 aliphatic carbocycles. The molecule has 8 heteroatoms. The van der Waals surface area contributed by atoms with Crippen LogP contribution in [0.5, 0.6) is 0 Å². The first-order chi connectivity index (χ1) is 12.3. The van der Waals surface area contributed by atoms with Gasteiger partial charge < -0.3 is 4.52 Å². The van der Waals surface area contributed by atoms with Gasteiger partial charge in [-0.2, -0.15) is 9.67 Å². The number of nitrogens with one attached hydrogen (secondary N) is 1. The highest BCUT2D eigenvalue weighted by molar-refractivity contribution is 5.30. The number of aryl methyl sites for hydroxylation is 1. The fourth-order valence-electron chi connectivity index (χ4n) is 3.46. The van der Waals surface area contributed by atoms with Gasteiger partial charge >= 0.3 is 0 Å². The summed E-state index contributed by atoms with van der Waals surface area (Å²) in [5, 5.41) is 19.9. The molecule has 25 heavy (non-hydrogen) atoms. The zero-order chi connectivity index (χ0) is 17.1. The Kier molecular flexibility index (Phi) is 4.27. The van der Waals surface area contributed by atoms with Gasteiger partial charge in [0.15, 0.2) is 11.6 Å². The van der Waals surface area contributed by atoms with E-state index in [2.05, 4.69) is 31.0 Å². The Hall–Kier alpha value is -2.61. The molecule has 1 aliphatic rings. The van der Waals surface area contributed by atoms with Crippen molar-refractivity contribution in [2.45, 2.75) is 51.1 Å². The smallest absolute Gasteiger partial charge is 0.223 e. The van der Waals surface area contributed by atoms with Gasteiger partial charge in [0.25, 0.3) is 0 Å². The third kappa shape index (κ3) is 3.17. The number of benzene rings is 1. The number of para-hydroxylation sites is 1. The molecule has 2 aromatic heterocycles. The first-order valence-corrected chi connectivity index (χ1v) is 8.65. The Morgan fingerprint density at radius 1 is 1.16 bits per heavy atom. The number of nitrogens with zero attached hydrogens (tertiary/aromatic N) is 6. The number of rotatable bonds is 5. The molecule has 8 nitrogen and oxygen atoms in total. The van der Waals surface area contributed by atoms with Crippen LogP contribution >= 0.6 is 0 Å². The van der Waals surface area contributed by atoms with Gasteiger partial charge in [0, 0.05) is 6.92 Å². The summed E-state index contributed by atoms with van der Waals surface area (Å²) in [6.45, 7) is 2.36. The maximum atomic E-state index is 5.23. The summed E-state index contributed by atoms with van der Waals surface area (Å²) < 4.78 is 6.98. The Balaban J connectivity index is 1.58. The van der Waals surface area contributed by atoms with Crippen molar-refractivity contribution in [3.05, 3.63) is 47.9 Å². The van der Waals surface area contributed by atoms with E-state index < -0.39 is 0 Å². The summed E-state index contributed by atoms with van der Waals surface area (Å²) in [5.74, 6) is 2.09. The molecule has 130 valence electrons. The van der Waals surface area contributed by atoms with Crippen LogP contribution in [0.1, 0.15) is 49.6 Å².